The van der Waals surface area contributed by atoms with Gasteiger partial charge in [0.25, 0.3) is 0 Å². The lowest BCUT2D eigenvalue weighted by Crippen LogP contribution is -2.41. The molecule has 0 spiro atoms. The van der Waals surface area contributed by atoms with Gasteiger partial charge in [0, 0.05) is 19.3 Å². The van der Waals surface area contributed by atoms with Crippen LogP contribution in [0.25, 0.3) is 0 Å². The van der Waals surface area contributed by atoms with E-state index in [9.17, 15) is 9.90 Å². The lowest BCUT2D eigenvalue weighted by atomic mass is 10.1. The third-order valence-electron chi connectivity index (χ3n) is 2.41. The minimum absolute atomic E-state index is 0.252. The molecule has 5 nitrogen and oxygen atoms in total. The molecule has 1 rings (SSSR count). The summed E-state index contributed by atoms with van der Waals surface area (Å²) in [5.74, 6) is 0. The molecule has 0 aliphatic carbocycles. The summed E-state index contributed by atoms with van der Waals surface area (Å²) in [6.07, 6.45) is 0. The van der Waals surface area contributed by atoms with Crippen LogP contribution in [0.1, 0.15) is 19.4 Å². The summed E-state index contributed by atoms with van der Waals surface area (Å²) in [6, 6.07) is 7.09. The molecule has 1 aromatic rings. The van der Waals surface area contributed by atoms with Crippen molar-refractivity contribution >= 4 is 11.7 Å². The van der Waals surface area contributed by atoms with Gasteiger partial charge >= 0.3 is 6.03 Å². The highest BCUT2D eigenvalue weighted by molar-refractivity contribution is 5.89. The van der Waals surface area contributed by atoms with Crippen molar-refractivity contribution < 1.29 is 9.90 Å². The average Bonchev–Trinajstić information content (AvgIpc) is 2.27. The first-order valence-electron chi connectivity index (χ1n) is 5.85. The first kappa shape index (κ1) is 14.5. The zero-order valence-corrected chi connectivity index (χ0v) is 11.1. The van der Waals surface area contributed by atoms with Gasteiger partial charge < -0.3 is 21.1 Å². The largest absolute Gasteiger partial charge is 0.389 e. The van der Waals surface area contributed by atoms with Crippen LogP contribution in [0.5, 0.6) is 0 Å². The topological polar surface area (TPSA) is 78.6 Å². The number of carbonyl (C=O) groups is 1. The van der Waals surface area contributed by atoms with Crippen molar-refractivity contribution in [2.24, 2.45) is 5.73 Å². The molecule has 0 aliphatic heterocycles. The number of rotatable bonds is 4. The smallest absolute Gasteiger partial charge is 0.321 e. The Labute approximate surface area is 108 Å². The molecule has 0 atom stereocenters. The predicted octanol–water partition coefficient (Wildman–Crippen LogP) is 1.38. The Balaban J connectivity index is 2.58. The van der Waals surface area contributed by atoms with Crippen LogP contribution in [0.15, 0.2) is 24.3 Å². The molecule has 100 valence electrons. The summed E-state index contributed by atoms with van der Waals surface area (Å²) in [5, 5.41) is 12.4. The van der Waals surface area contributed by atoms with E-state index in [2.05, 4.69) is 5.32 Å². The van der Waals surface area contributed by atoms with E-state index in [-0.39, 0.29) is 12.6 Å². The van der Waals surface area contributed by atoms with Gasteiger partial charge in [0.15, 0.2) is 0 Å². The van der Waals surface area contributed by atoms with Gasteiger partial charge in [0.1, 0.15) is 0 Å². The molecule has 0 saturated carbocycles. The second-order valence-corrected chi connectivity index (χ2v) is 5.00. The first-order chi connectivity index (χ1) is 8.31. The fourth-order valence-corrected chi connectivity index (χ4v) is 1.60. The number of nitrogens with two attached hydrogens (primary N) is 1. The van der Waals surface area contributed by atoms with Gasteiger partial charge in [-0.2, -0.15) is 0 Å². The van der Waals surface area contributed by atoms with Crippen molar-refractivity contribution in [2.75, 3.05) is 18.9 Å². The summed E-state index contributed by atoms with van der Waals surface area (Å²) >= 11 is 0. The van der Waals surface area contributed by atoms with Crippen LogP contribution in [0, 0.1) is 0 Å². The van der Waals surface area contributed by atoms with E-state index in [0.717, 1.165) is 5.56 Å². The molecule has 5 heteroatoms. The second kappa shape index (κ2) is 5.84. The van der Waals surface area contributed by atoms with Gasteiger partial charge in [-0.3, -0.25) is 0 Å². The summed E-state index contributed by atoms with van der Waals surface area (Å²) in [5.41, 5.74) is 6.31. The van der Waals surface area contributed by atoms with Gasteiger partial charge in [-0.15, -0.1) is 0 Å². The van der Waals surface area contributed by atoms with Gasteiger partial charge in [0.05, 0.1) is 12.1 Å². The van der Waals surface area contributed by atoms with E-state index in [1.807, 2.05) is 12.1 Å². The predicted molar refractivity (Wildman–Crippen MR) is 72.3 cm³/mol. The maximum Gasteiger partial charge on any atom is 0.321 e. The Morgan fingerprint density at radius 1 is 1.39 bits per heavy atom. The van der Waals surface area contributed by atoms with Crippen LogP contribution in [0.2, 0.25) is 0 Å². The Kier molecular flexibility index (Phi) is 4.69. The number of urea groups is 1. The van der Waals surface area contributed by atoms with Crippen LogP contribution < -0.4 is 11.1 Å². The molecule has 0 fully saturated rings. The van der Waals surface area contributed by atoms with Crippen molar-refractivity contribution in [3.05, 3.63) is 29.8 Å². The quantitative estimate of drug-likeness (QED) is 0.756. The third kappa shape index (κ3) is 4.73. The Morgan fingerprint density at radius 2 is 1.94 bits per heavy atom. The Bertz CT molecular complexity index is 396. The molecule has 1 aromatic carbocycles. The van der Waals surface area contributed by atoms with Crippen molar-refractivity contribution in [3.8, 4) is 0 Å². The number of benzene rings is 1. The van der Waals surface area contributed by atoms with Crippen molar-refractivity contribution in [3.63, 3.8) is 0 Å². The molecule has 0 aliphatic rings. The summed E-state index contributed by atoms with van der Waals surface area (Å²) in [7, 11) is 1.64. The number of anilines is 1. The van der Waals surface area contributed by atoms with Crippen molar-refractivity contribution in [1.82, 2.24) is 4.90 Å². The lowest BCUT2D eigenvalue weighted by Gasteiger charge is -2.25. The Hall–Kier alpha value is -1.59. The van der Waals surface area contributed by atoms with Crippen molar-refractivity contribution in [2.45, 2.75) is 26.0 Å². The van der Waals surface area contributed by atoms with Crippen LogP contribution in [-0.2, 0) is 6.54 Å². The molecule has 0 unspecified atom stereocenters. The molecule has 0 saturated heterocycles. The molecule has 2 amide bonds. The molecule has 0 radical (unpaired) electrons. The summed E-state index contributed by atoms with van der Waals surface area (Å²) < 4.78 is 0. The number of carbonyl (C=O) groups excluding carboxylic acids is 1. The van der Waals surface area contributed by atoms with E-state index in [1.165, 1.54) is 4.90 Å². The van der Waals surface area contributed by atoms with Gasteiger partial charge in [-0.1, -0.05) is 12.1 Å². The SMILES string of the molecule is CN(CC(C)(C)O)C(=O)Nc1ccc(CN)cc1. The number of aliphatic hydroxyl groups is 1. The van der Waals surface area contributed by atoms with E-state index < -0.39 is 5.60 Å². The third-order valence-corrected chi connectivity index (χ3v) is 2.41. The van der Waals surface area contributed by atoms with Crippen LogP contribution in [-0.4, -0.2) is 35.2 Å². The van der Waals surface area contributed by atoms with Gasteiger partial charge in [-0.25, -0.2) is 4.79 Å². The minimum atomic E-state index is -0.907. The number of nitrogens with zero attached hydrogens (tertiary/aromatic N) is 1. The van der Waals surface area contributed by atoms with Gasteiger partial charge in [0.2, 0.25) is 0 Å². The fourth-order valence-electron chi connectivity index (χ4n) is 1.60. The lowest BCUT2D eigenvalue weighted by molar-refractivity contribution is 0.0550. The normalized spacial score (nSPS) is 11.2. The fraction of sp³-hybridized carbons (Fsp3) is 0.462. The maximum atomic E-state index is 11.8. The molecular formula is C13H21N3O2. The molecule has 18 heavy (non-hydrogen) atoms. The Morgan fingerprint density at radius 3 is 2.39 bits per heavy atom. The molecule has 0 bridgehead atoms. The molecule has 4 N–H and O–H groups in total. The van der Waals surface area contributed by atoms with E-state index in [1.54, 1.807) is 33.0 Å². The zero-order valence-electron chi connectivity index (χ0n) is 11.1. The molecular weight excluding hydrogens is 230 g/mol. The number of nitrogens with one attached hydrogen (secondary N) is 1. The standard InChI is InChI=1S/C13H21N3O2/c1-13(2,18)9-16(3)12(17)15-11-6-4-10(8-14)5-7-11/h4-7,18H,8-9,14H2,1-3H3,(H,15,17). The maximum absolute atomic E-state index is 11.8. The van der Waals surface area contributed by atoms with Crippen molar-refractivity contribution in [1.29, 1.82) is 0 Å². The minimum Gasteiger partial charge on any atom is -0.389 e. The van der Waals surface area contributed by atoms with E-state index in [4.69, 9.17) is 5.73 Å². The molecule has 0 aromatic heterocycles. The number of hydrogen-bond donors (Lipinski definition) is 3. The van der Waals surface area contributed by atoms with Gasteiger partial charge in [-0.05, 0) is 31.5 Å². The second-order valence-electron chi connectivity index (χ2n) is 5.00. The number of amides is 2. The monoisotopic (exact) mass is 251 g/mol. The zero-order chi connectivity index (χ0) is 13.8. The molecule has 0 heterocycles. The van der Waals surface area contributed by atoms with Crippen LogP contribution >= 0.6 is 0 Å². The van der Waals surface area contributed by atoms with Crippen LogP contribution in [0.4, 0.5) is 10.5 Å². The highest BCUT2D eigenvalue weighted by Crippen LogP contribution is 2.11. The number of hydrogen-bond acceptors (Lipinski definition) is 3. The summed E-state index contributed by atoms with van der Waals surface area (Å²) in [4.78, 5) is 13.3. The highest BCUT2D eigenvalue weighted by atomic mass is 16.3. The summed E-state index contributed by atoms with van der Waals surface area (Å²) in [6.45, 7) is 4.06. The number of likely N-dealkylation sites (N-methyl/N-ethyl adjacent to an activating group) is 1. The first-order valence-corrected chi connectivity index (χ1v) is 5.85. The highest BCUT2D eigenvalue weighted by Gasteiger charge is 2.19. The van der Waals surface area contributed by atoms with E-state index in [0.29, 0.717) is 12.2 Å². The average molecular weight is 251 g/mol. The van der Waals surface area contributed by atoms with Crippen LogP contribution in [0.3, 0.4) is 0 Å². The van der Waals surface area contributed by atoms with E-state index >= 15 is 0 Å².